The van der Waals surface area contributed by atoms with Crippen LogP contribution in [0.5, 0.6) is 0 Å². The third-order valence-electron chi connectivity index (χ3n) is 3.70. The summed E-state index contributed by atoms with van der Waals surface area (Å²) < 4.78 is 5.76. The van der Waals surface area contributed by atoms with Crippen LogP contribution in [0, 0.1) is 0 Å². The van der Waals surface area contributed by atoms with Crippen LogP contribution in [0.1, 0.15) is 22.5 Å². The second-order valence-corrected chi connectivity index (χ2v) is 4.93. The number of rotatable bonds is 1. The maximum atomic E-state index is 12.3. The molecule has 1 aromatic carbocycles. The number of aromatic nitrogens is 1. The zero-order chi connectivity index (χ0) is 14.4. The number of hydrogen-bond acceptors (Lipinski definition) is 3. The highest BCUT2D eigenvalue weighted by molar-refractivity contribution is 6.36. The first-order chi connectivity index (χ1) is 10.3. The molecule has 0 fully saturated rings. The molecule has 0 bridgehead atoms. The molecule has 0 saturated carbocycles. The van der Waals surface area contributed by atoms with E-state index in [0.29, 0.717) is 17.9 Å². The van der Waals surface area contributed by atoms with Crippen molar-refractivity contribution < 1.29 is 9.53 Å². The number of nitrogens with zero attached hydrogens (tertiary/aromatic N) is 1. The van der Waals surface area contributed by atoms with E-state index in [9.17, 15) is 4.79 Å². The molecule has 4 heteroatoms. The molecular weight excluding hydrogens is 264 g/mol. The largest absolute Gasteiger partial charge is 0.486 e. The van der Waals surface area contributed by atoms with Gasteiger partial charge in [0.15, 0.2) is 0 Å². The van der Waals surface area contributed by atoms with E-state index in [1.165, 1.54) is 0 Å². The summed E-state index contributed by atoms with van der Waals surface area (Å²) in [5.74, 6) is 0.474. The zero-order valence-corrected chi connectivity index (χ0v) is 11.2. The molecule has 2 aliphatic rings. The quantitative estimate of drug-likeness (QED) is 0.814. The number of fused-ring (bicyclic) bond motifs is 2. The smallest absolute Gasteiger partial charge is 0.260 e. The number of benzene rings is 1. The fourth-order valence-electron chi connectivity index (χ4n) is 2.72. The van der Waals surface area contributed by atoms with Gasteiger partial charge in [0.05, 0.1) is 17.0 Å². The van der Waals surface area contributed by atoms with E-state index in [4.69, 9.17) is 4.74 Å². The van der Waals surface area contributed by atoms with E-state index in [1.807, 2.05) is 36.4 Å². The maximum Gasteiger partial charge on any atom is 0.260 e. The van der Waals surface area contributed by atoms with Crippen molar-refractivity contribution in [3.05, 3.63) is 65.5 Å². The van der Waals surface area contributed by atoms with Gasteiger partial charge in [0.2, 0.25) is 0 Å². The number of amides is 1. The molecule has 21 heavy (non-hydrogen) atoms. The van der Waals surface area contributed by atoms with Crippen LogP contribution in [-0.2, 0) is 16.1 Å². The molecule has 3 heterocycles. The van der Waals surface area contributed by atoms with Gasteiger partial charge in [-0.3, -0.25) is 4.79 Å². The topological polar surface area (TPSA) is 51.2 Å². The minimum atomic E-state index is -0.133. The molecule has 4 rings (SSSR count). The highest BCUT2D eigenvalue weighted by Gasteiger charge is 2.32. The van der Waals surface area contributed by atoms with E-state index < -0.39 is 0 Å². The fraction of sp³-hybridized carbons (Fsp3) is 0.0588. The van der Waals surface area contributed by atoms with Gasteiger partial charge in [-0.1, -0.05) is 24.8 Å². The predicted molar refractivity (Wildman–Crippen MR) is 81.0 cm³/mol. The summed E-state index contributed by atoms with van der Waals surface area (Å²) in [6.07, 6.45) is 1.70. The average Bonchev–Trinajstić information content (AvgIpc) is 3.06. The number of hydrogen-bond donors (Lipinski definition) is 1. The summed E-state index contributed by atoms with van der Waals surface area (Å²) in [6, 6.07) is 11.4. The Kier molecular flexibility index (Phi) is 2.44. The predicted octanol–water partition coefficient (Wildman–Crippen LogP) is 3.08. The third kappa shape index (κ3) is 1.69. The minimum absolute atomic E-state index is 0.133. The van der Waals surface area contributed by atoms with Crippen LogP contribution in [-0.4, -0.2) is 10.9 Å². The van der Waals surface area contributed by atoms with Crippen molar-refractivity contribution in [3.63, 3.8) is 0 Å². The summed E-state index contributed by atoms with van der Waals surface area (Å²) in [4.78, 5) is 16.7. The Balaban J connectivity index is 1.93. The van der Waals surface area contributed by atoms with E-state index in [-0.39, 0.29) is 5.91 Å². The second kappa shape index (κ2) is 4.31. The van der Waals surface area contributed by atoms with Crippen molar-refractivity contribution in [1.29, 1.82) is 0 Å². The van der Waals surface area contributed by atoms with Crippen molar-refractivity contribution in [1.82, 2.24) is 4.98 Å². The SMILES string of the molecule is C=Cc1ccc2c(n1)CO/C2=C1/C(=O)Nc2ccccc21. The molecule has 102 valence electrons. The van der Waals surface area contributed by atoms with E-state index >= 15 is 0 Å². The van der Waals surface area contributed by atoms with Gasteiger partial charge in [0.25, 0.3) is 5.91 Å². The molecule has 4 nitrogen and oxygen atoms in total. The molecule has 0 saturated heterocycles. The summed E-state index contributed by atoms with van der Waals surface area (Å²) >= 11 is 0. The van der Waals surface area contributed by atoms with Crippen LogP contribution >= 0.6 is 0 Å². The third-order valence-corrected chi connectivity index (χ3v) is 3.70. The minimum Gasteiger partial charge on any atom is -0.486 e. The van der Waals surface area contributed by atoms with Gasteiger partial charge in [0, 0.05) is 16.8 Å². The first kappa shape index (κ1) is 11.9. The Hall–Kier alpha value is -2.88. The van der Waals surface area contributed by atoms with E-state index in [1.54, 1.807) is 6.08 Å². The normalized spacial score (nSPS) is 18.8. The monoisotopic (exact) mass is 276 g/mol. The van der Waals surface area contributed by atoms with Crippen molar-refractivity contribution in [2.45, 2.75) is 6.61 Å². The highest BCUT2D eigenvalue weighted by atomic mass is 16.5. The lowest BCUT2D eigenvalue weighted by Crippen LogP contribution is -2.05. The average molecular weight is 276 g/mol. The van der Waals surface area contributed by atoms with Gasteiger partial charge in [-0.2, -0.15) is 0 Å². The van der Waals surface area contributed by atoms with Crippen LogP contribution < -0.4 is 5.32 Å². The molecule has 0 unspecified atom stereocenters. The number of para-hydroxylation sites is 1. The summed E-state index contributed by atoms with van der Waals surface area (Å²) in [6.45, 7) is 4.10. The first-order valence-electron chi connectivity index (χ1n) is 6.68. The van der Waals surface area contributed by atoms with E-state index in [0.717, 1.165) is 28.2 Å². The lowest BCUT2D eigenvalue weighted by atomic mass is 10.0. The Morgan fingerprint density at radius 3 is 2.90 bits per heavy atom. The lowest BCUT2D eigenvalue weighted by Gasteiger charge is -2.04. The molecule has 2 aliphatic heterocycles. The summed E-state index contributed by atoms with van der Waals surface area (Å²) in [5.41, 5.74) is 4.79. The Bertz CT molecular complexity index is 821. The zero-order valence-electron chi connectivity index (χ0n) is 11.2. The molecule has 0 spiro atoms. The van der Waals surface area contributed by atoms with Gasteiger partial charge >= 0.3 is 0 Å². The number of carbonyl (C=O) groups is 1. The fourth-order valence-corrected chi connectivity index (χ4v) is 2.72. The Labute approximate surface area is 121 Å². The molecule has 1 amide bonds. The first-order valence-corrected chi connectivity index (χ1v) is 6.68. The maximum absolute atomic E-state index is 12.3. The van der Waals surface area contributed by atoms with Crippen LogP contribution in [0.3, 0.4) is 0 Å². The van der Waals surface area contributed by atoms with Crippen LogP contribution in [0.15, 0.2) is 43.0 Å². The summed E-state index contributed by atoms with van der Waals surface area (Å²) in [5, 5.41) is 2.86. The molecule has 0 radical (unpaired) electrons. The standard InChI is InChI=1S/C17H12N2O2/c1-2-10-7-8-12-14(18-10)9-21-16(12)15-11-5-3-4-6-13(11)19-17(15)20/h2-8H,1,9H2,(H,19,20)/b16-15+. The Morgan fingerprint density at radius 1 is 1.19 bits per heavy atom. The summed E-state index contributed by atoms with van der Waals surface area (Å²) in [7, 11) is 0. The van der Waals surface area contributed by atoms with Gasteiger partial charge in [-0.25, -0.2) is 4.98 Å². The number of anilines is 1. The number of ether oxygens (including phenoxy) is 1. The van der Waals surface area contributed by atoms with Gasteiger partial charge in [-0.05, 0) is 24.3 Å². The molecule has 2 aromatic rings. The van der Waals surface area contributed by atoms with Crippen LogP contribution in [0.25, 0.3) is 17.4 Å². The lowest BCUT2D eigenvalue weighted by molar-refractivity contribution is -0.110. The second-order valence-electron chi connectivity index (χ2n) is 4.93. The van der Waals surface area contributed by atoms with Crippen molar-refractivity contribution >= 4 is 29.0 Å². The number of carbonyl (C=O) groups excluding carboxylic acids is 1. The van der Waals surface area contributed by atoms with Gasteiger partial charge < -0.3 is 10.1 Å². The van der Waals surface area contributed by atoms with Gasteiger partial charge in [0.1, 0.15) is 12.4 Å². The van der Waals surface area contributed by atoms with Crippen molar-refractivity contribution in [3.8, 4) is 0 Å². The highest BCUT2D eigenvalue weighted by Crippen LogP contribution is 2.40. The van der Waals surface area contributed by atoms with Gasteiger partial charge in [-0.15, -0.1) is 0 Å². The molecule has 0 atom stereocenters. The Morgan fingerprint density at radius 2 is 2.05 bits per heavy atom. The van der Waals surface area contributed by atoms with E-state index in [2.05, 4.69) is 16.9 Å². The van der Waals surface area contributed by atoms with Crippen molar-refractivity contribution in [2.24, 2.45) is 0 Å². The number of nitrogens with one attached hydrogen (secondary N) is 1. The molecule has 1 aromatic heterocycles. The molecular formula is C17H12N2O2. The molecule has 0 aliphatic carbocycles. The van der Waals surface area contributed by atoms with Crippen LogP contribution in [0.2, 0.25) is 0 Å². The van der Waals surface area contributed by atoms with Crippen LogP contribution in [0.4, 0.5) is 5.69 Å². The van der Waals surface area contributed by atoms with Crippen molar-refractivity contribution in [2.75, 3.05) is 5.32 Å². The number of pyridine rings is 1. The molecule has 1 N–H and O–H groups in total.